The topological polar surface area (TPSA) is 717 Å². The Hall–Kier alpha value is -6.22. The van der Waals surface area contributed by atoms with E-state index in [0.29, 0.717) is 0 Å². The molecule has 12 heterocycles. The Labute approximate surface area is 867 Å². The molecule has 6 aromatic heterocycles. The molecule has 55 nitrogen and oxygen atoms in total. The number of hydrogen-bond donors (Lipinski definition) is 11. The first kappa shape index (κ1) is 120. The van der Waals surface area contributed by atoms with E-state index in [2.05, 4.69) is 29.9 Å². The molecule has 148 heavy (non-hydrogen) atoms. The fraction of sp³-hybridized carbons (Fsp3) is 0.667. The summed E-state index contributed by atoms with van der Waals surface area (Å²) >= 11 is 20.8. The summed E-state index contributed by atoms with van der Waals surface area (Å²) in [4.78, 5) is 255. The van der Waals surface area contributed by atoms with Crippen LogP contribution >= 0.6 is 78.9 Å². The van der Waals surface area contributed by atoms with Gasteiger partial charge in [0.05, 0.1) is 77.8 Å². The van der Waals surface area contributed by atoms with E-state index >= 15 is 4.57 Å². The largest absolute Gasteiger partial charge is 0.472 e. The minimum absolute atomic E-state index is 0.00327. The van der Waals surface area contributed by atoms with Gasteiger partial charge in [-0.15, -0.1) is 0 Å². The Kier molecular flexibility index (Phi) is 40.2. The van der Waals surface area contributed by atoms with Crippen LogP contribution in [0, 0.1) is 57.8 Å². The zero-order valence-corrected chi connectivity index (χ0v) is 92.4. The molecule has 0 aromatic carbocycles. The summed E-state index contributed by atoms with van der Waals surface area (Å²) in [6.07, 6.45) is -23.7. The molecule has 23 atom stereocenters. The predicted molar refractivity (Wildman–Crippen MR) is 537 cm³/mol. The molecule has 0 radical (unpaired) electrons. The van der Waals surface area contributed by atoms with Gasteiger partial charge >= 0.3 is 77.8 Å². The quantitative estimate of drug-likeness (QED) is 0.0188. The van der Waals surface area contributed by atoms with Crippen molar-refractivity contribution in [2.45, 2.75) is 253 Å². The third-order valence-corrected chi connectivity index (χ3v) is 36.6. The molecule has 824 valence electrons. The van der Waals surface area contributed by atoms with Crippen molar-refractivity contribution in [2.24, 2.45) is 16.2 Å². The second-order valence-electron chi connectivity index (χ2n) is 38.0. The molecule has 6 saturated heterocycles. The molecule has 0 spiro atoms. The van der Waals surface area contributed by atoms with Gasteiger partial charge in [-0.25, -0.2) is 42.5 Å². The van der Waals surface area contributed by atoms with Gasteiger partial charge in [0.25, 0.3) is 33.4 Å². The van der Waals surface area contributed by atoms with Gasteiger partial charge in [0.1, 0.15) is 92.3 Å². The third-order valence-electron chi connectivity index (χ3n) is 23.1. The maximum atomic E-state index is 15.0. The molecule has 0 aliphatic carbocycles. The number of nitrogens with zero attached hydrogens (tertiary/aromatic N) is 6. The van der Waals surface area contributed by atoms with E-state index in [1.165, 1.54) is 47.7 Å². The van der Waals surface area contributed by atoms with Crippen LogP contribution in [0.25, 0.3) is 0 Å². The number of aliphatic hydroxyl groups excluding tert-OH is 1. The van der Waals surface area contributed by atoms with E-state index in [4.69, 9.17) is 127 Å². The van der Waals surface area contributed by atoms with Crippen LogP contribution in [0.3, 0.4) is 0 Å². The number of aromatic amines is 6. The molecular weight excluding hydrogens is 2210 g/mol. The SMILES string of the molecule is Cc1cn([C@H]2C[C@H](OP(=O)(O)O)[C@@H](COP(=S)(OCCSC(=O)C(C)(C)C)O[C@H]3C[C@H](n4cc(C)c(=O)[nH]c4=O)O[C@@H]3COP(=O)(O)O[C@H]3C[C@H](n4cc(C)c(=O)[nH]c4=O)O[C@@H]3COP(=S)(OCCSC(=O)C(C)(C)C)O[C@H]3C[C@H](n4cc(C)c(=O)[nH]c4=O)O[C@@H]3COP(=O)(O)O[C@H]3C[C@H](n4cc(C)c(=O)[nH]c4=O)O[C@@H]3COP(=S)(OCCSC(=O)C(C)(C)C)O[C@H]3C[C@H](n4cc(C)c(=O)[nH]c4=O)O[C@@H]3CO)O2)c(=O)[nH]c1=O. The van der Waals surface area contributed by atoms with Crippen LogP contribution in [0.1, 0.15) is 172 Å². The summed E-state index contributed by atoms with van der Waals surface area (Å²) in [5.41, 5.74) is -13.2. The van der Waals surface area contributed by atoms with Crippen molar-refractivity contribution < 1.29 is 145 Å². The van der Waals surface area contributed by atoms with Crippen LogP contribution in [0.5, 0.6) is 0 Å². The van der Waals surface area contributed by atoms with Crippen molar-refractivity contribution in [1.82, 2.24) is 57.3 Å². The van der Waals surface area contributed by atoms with E-state index < -0.39 is 323 Å². The Bertz CT molecular complexity index is 6980. The number of ether oxygens (including phenoxy) is 6. The molecule has 0 bridgehead atoms. The van der Waals surface area contributed by atoms with Crippen LogP contribution in [0.15, 0.2) is 94.7 Å². The number of aryl methyl sites for hydroxylation is 6. The lowest BCUT2D eigenvalue weighted by Crippen LogP contribution is -2.34. The van der Waals surface area contributed by atoms with Crippen molar-refractivity contribution in [3.63, 3.8) is 0 Å². The number of aromatic nitrogens is 12. The molecule has 0 amide bonds. The Balaban J connectivity index is 0.829. The molecular formula is C81H116N12O43P6S6. The van der Waals surface area contributed by atoms with Crippen molar-refractivity contribution in [1.29, 1.82) is 0 Å². The lowest BCUT2D eigenvalue weighted by Gasteiger charge is -2.30. The smallest absolute Gasteiger partial charge is 0.394 e. The fourth-order valence-corrected chi connectivity index (χ4v) is 26.9. The number of carbonyl (C=O) groups excluding carboxylic acids is 3. The Morgan fingerprint density at radius 2 is 0.514 bits per heavy atom. The number of phosphoric acid groups is 3. The number of carbonyl (C=O) groups is 3. The molecule has 0 saturated carbocycles. The lowest BCUT2D eigenvalue weighted by molar-refractivity contribution is -0.118. The highest BCUT2D eigenvalue weighted by molar-refractivity contribution is 8.14. The Morgan fingerprint density at radius 1 is 0.324 bits per heavy atom. The number of thioether (sulfide) groups is 3. The summed E-state index contributed by atoms with van der Waals surface area (Å²) in [5.74, 6) is -0.302. The van der Waals surface area contributed by atoms with Crippen molar-refractivity contribution in [2.75, 3.05) is 76.7 Å². The van der Waals surface area contributed by atoms with Crippen molar-refractivity contribution in [3.8, 4) is 0 Å². The fourth-order valence-electron chi connectivity index (χ4n) is 15.3. The minimum Gasteiger partial charge on any atom is -0.394 e. The van der Waals surface area contributed by atoms with Crippen molar-refractivity contribution >= 4 is 130 Å². The van der Waals surface area contributed by atoms with E-state index in [1.807, 2.05) is 0 Å². The van der Waals surface area contributed by atoms with E-state index in [-0.39, 0.29) is 79.0 Å². The summed E-state index contributed by atoms with van der Waals surface area (Å²) in [6.45, 7) is 3.00. The molecule has 6 aliphatic rings. The van der Waals surface area contributed by atoms with Gasteiger partial charge < -0.3 is 93.8 Å². The van der Waals surface area contributed by atoms with E-state index in [0.717, 1.165) is 93.7 Å². The van der Waals surface area contributed by atoms with E-state index in [9.17, 15) is 106 Å². The van der Waals surface area contributed by atoms with Crippen LogP contribution in [0.4, 0.5) is 0 Å². The number of aliphatic hydroxyl groups is 1. The standard InChI is InChI=1S/C81H116N12O43P6S6/c1-40-28-88(73(104)82-64(40)95)58-22-46(52(34-94)125-58)134-140(143,117-16-19-146-70(101)79(7,8)9)123-38-56-48(24-60(129-56)90-30-42(3)66(97)84-75(90)106)132-138(113,114)121-36-54-51(27-63(127-54)93-33-45(6)69(100)87-78(93)109)136-142(145,119-18-21-148-72(103)81(13,14)15)124-39-57-49(25-61(130-57)91-31-43(4)67(98)85-76(91)107)133-139(115,116)120-35-53-50(26-62(126-53)92-32-44(5)68(99)86-77(92)108)135-141(144,118-17-20-147-71(102)80(10,11)12)122-37-55-47(131-137(110,111)112)23-59(128-55)89-29-41(2)65(96)83-74(89)105/h28-33,46-63,94H,16-27,34-39H2,1-15H3,(H,113,114)(H,115,116)(H,82,95,104)(H,83,96,105)(H,84,97,106)(H,85,98,107)(H,86,99,108)(H,87,100,109)(H2,110,111,112)/t46-,47-,48-,49-,50-,51-,52+,53+,54+,55+,56+,57+,58+,59+,60+,61+,62+,63+,140?,141?,142?/m0/s1. The number of hydrogen-bond acceptors (Lipinski definition) is 45. The molecule has 67 heteroatoms. The number of rotatable bonds is 46. The average Bonchev–Trinajstić information content (AvgIpc) is 1.66. The van der Waals surface area contributed by atoms with Crippen molar-refractivity contribution in [3.05, 3.63) is 196 Å². The van der Waals surface area contributed by atoms with Gasteiger partial charge in [-0.1, -0.05) is 97.6 Å². The van der Waals surface area contributed by atoms with Crippen LogP contribution < -0.4 is 67.5 Å². The van der Waals surface area contributed by atoms with Crippen LogP contribution in [-0.4, -0.2) is 247 Å². The summed E-state index contributed by atoms with van der Waals surface area (Å²) < 4.78 is 172. The summed E-state index contributed by atoms with van der Waals surface area (Å²) in [6, 6.07) is 0. The van der Waals surface area contributed by atoms with E-state index in [1.54, 1.807) is 62.3 Å². The van der Waals surface area contributed by atoms with Gasteiger partial charge in [-0.05, 0) is 77.0 Å². The van der Waals surface area contributed by atoms with Crippen LogP contribution in [0.2, 0.25) is 0 Å². The summed E-state index contributed by atoms with van der Waals surface area (Å²) in [5, 5.41) is 9.80. The number of H-pyrrole nitrogens is 6. The maximum Gasteiger partial charge on any atom is 0.472 e. The van der Waals surface area contributed by atoms with Crippen LogP contribution in [-0.2, 0) is 155 Å². The highest BCUT2D eigenvalue weighted by Crippen LogP contribution is 2.60. The minimum atomic E-state index is -5.72. The second kappa shape index (κ2) is 49.5. The molecule has 12 rings (SSSR count). The zero-order chi connectivity index (χ0) is 109. The van der Waals surface area contributed by atoms with Gasteiger partial charge in [-0.3, -0.25) is 123 Å². The van der Waals surface area contributed by atoms with Gasteiger partial charge in [0.2, 0.25) is 0 Å². The highest BCUT2D eigenvalue weighted by atomic mass is 32.5. The number of nitrogens with one attached hydrogen (secondary N) is 6. The molecule has 11 N–H and O–H groups in total. The molecule has 5 unspecified atom stereocenters. The van der Waals surface area contributed by atoms with Gasteiger partial charge in [-0.2, -0.15) is 0 Å². The first-order chi connectivity index (χ1) is 68.9. The van der Waals surface area contributed by atoms with Gasteiger partial charge in [0.15, 0.2) is 15.3 Å². The predicted octanol–water partition coefficient (Wildman–Crippen LogP) is 4.18. The lowest BCUT2D eigenvalue weighted by atomic mass is 9.99. The highest BCUT2D eigenvalue weighted by Gasteiger charge is 2.53. The normalized spacial score (nSPS) is 26.6. The average molecular weight is 2320 g/mol. The third kappa shape index (κ3) is 32.1. The molecule has 6 fully saturated rings. The maximum absolute atomic E-state index is 15.0. The molecule has 6 aliphatic heterocycles. The zero-order valence-electron chi connectivity index (χ0n) is 82.1. The van der Waals surface area contributed by atoms with Gasteiger partial charge in [0, 0.05) is 143 Å². The first-order valence-corrected chi connectivity index (χ1v) is 60.8. The monoisotopic (exact) mass is 2320 g/mol. The Morgan fingerprint density at radius 3 is 0.716 bits per heavy atom. The first-order valence-electron chi connectivity index (χ1n) is 45.6. The summed E-state index contributed by atoms with van der Waals surface area (Å²) in [7, 11) is -16.8. The molecule has 6 aromatic rings. The number of phosphoric ester groups is 3. The second-order valence-corrected chi connectivity index (χ2v) is 54.1.